The summed E-state index contributed by atoms with van der Waals surface area (Å²) in [6.45, 7) is 0. The van der Waals surface area contributed by atoms with E-state index in [1.165, 1.54) is 12.8 Å². The molecule has 1 aromatic heterocycles. The maximum absolute atomic E-state index is 12.1. The van der Waals surface area contributed by atoms with Gasteiger partial charge in [0.1, 0.15) is 5.82 Å². The van der Waals surface area contributed by atoms with Crippen LogP contribution in [-0.2, 0) is 4.79 Å². The van der Waals surface area contributed by atoms with Crippen LogP contribution < -0.4 is 14.8 Å². The molecule has 4 rings (SSSR count). The van der Waals surface area contributed by atoms with Gasteiger partial charge in [-0.15, -0.1) is 0 Å². The van der Waals surface area contributed by atoms with Crippen LogP contribution in [0.25, 0.3) is 0 Å². The highest BCUT2D eigenvalue weighted by Gasteiger charge is 2.32. The van der Waals surface area contributed by atoms with Crippen LogP contribution in [0.1, 0.15) is 49.1 Å². The Kier molecular flexibility index (Phi) is 3.88. The first-order valence-corrected chi connectivity index (χ1v) is 8.43. The Labute approximate surface area is 140 Å². The minimum absolute atomic E-state index is 0.0219. The summed E-state index contributed by atoms with van der Waals surface area (Å²) < 4.78 is 11.9. The molecule has 126 valence electrons. The van der Waals surface area contributed by atoms with Gasteiger partial charge in [0.15, 0.2) is 11.5 Å². The van der Waals surface area contributed by atoms with Crippen LogP contribution in [0.3, 0.4) is 0 Å². The molecule has 2 aromatic rings. The van der Waals surface area contributed by atoms with Crippen molar-refractivity contribution in [3.05, 3.63) is 35.5 Å². The fourth-order valence-corrected chi connectivity index (χ4v) is 3.69. The Hall–Kier alpha value is -2.50. The fraction of sp³-hybridized carbons (Fsp3) is 0.444. The molecule has 24 heavy (non-hydrogen) atoms. The van der Waals surface area contributed by atoms with Crippen LogP contribution in [0.5, 0.6) is 11.5 Å². The zero-order valence-electron chi connectivity index (χ0n) is 13.7. The molecule has 1 aromatic carbocycles. The number of nitrogens with zero attached hydrogens (tertiary/aromatic N) is 1. The summed E-state index contributed by atoms with van der Waals surface area (Å²) in [4.78, 5) is 12.1. The third-order valence-corrected chi connectivity index (χ3v) is 4.89. The molecular weight excluding hydrogens is 306 g/mol. The first kappa shape index (κ1) is 15.1. The van der Waals surface area contributed by atoms with Crippen molar-refractivity contribution in [3.8, 4) is 11.5 Å². The van der Waals surface area contributed by atoms with Crippen LogP contribution in [0, 0.1) is 0 Å². The van der Waals surface area contributed by atoms with E-state index in [9.17, 15) is 4.79 Å². The lowest BCUT2D eigenvalue weighted by Gasteiger charge is -2.26. The highest BCUT2D eigenvalue weighted by Crippen LogP contribution is 2.44. The van der Waals surface area contributed by atoms with E-state index in [0.29, 0.717) is 12.2 Å². The van der Waals surface area contributed by atoms with Crippen molar-refractivity contribution in [2.24, 2.45) is 0 Å². The maximum atomic E-state index is 12.1. The zero-order chi connectivity index (χ0) is 16.5. The van der Waals surface area contributed by atoms with Crippen molar-refractivity contribution in [1.82, 2.24) is 10.2 Å². The van der Waals surface area contributed by atoms with Crippen LogP contribution in [0.4, 0.5) is 5.82 Å². The van der Waals surface area contributed by atoms with Gasteiger partial charge in [-0.05, 0) is 31.7 Å². The van der Waals surface area contributed by atoms with Crippen LogP contribution in [0.2, 0.25) is 0 Å². The van der Waals surface area contributed by atoms with Crippen molar-refractivity contribution < 1.29 is 14.3 Å². The first-order valence-electron chi connectivity index (χ1n) is 8.43. The number of H-pyrrole nitrogens is 1. The van der Waals surface area contributed by atoms with Crippen molar-refractivity contribution in [1.29, 1.82) is 0 Å². The Balaban J connectivity index is 1.76. The number of anilines is 1. The zero-order valence-corrected chi connectivity index (χ0v) is 13.7. The molecule has 1 aliphatic carbocycles. The van der Waals surface area contributed by atoms with Gasteiger partial charge in [-0.25, -0.2) is 0 Å². The first-order chi connectivity index (χ1) is 11.8. The van der Waals surface area contributed by atoms with Crippen molar-refractivity contribution >= 4 is 11.7 Å². The predicted molar refractivity (Wildman–Crippen MR) is 89.6 cm³/mol. The second kappa shape index (κ2) is 6.19. The van der Waals surface area contributed by atoms with Gasteiger partial charge in [-0.2, -0.15) is 5.10 Å². The van der Waals surface area contributed by atoms with Crippen LogP contribution in [0.15, 0.2) is 24.4 Å². The van der Waals surface area contributed by atoms with Crippen molar-refractivity contribution in [2.75, 3.05) is 12.4 Å². The lowest BCUT2D eigenvalue weighted by atomic mass is 9.86. The lowest BCUT2D eigenvalue weighted by Crippen LogP contribution is -2.24. The second-order valence-corrected chi connectivity index (χ2v) is 6.41. The highest BCUT2D eigenvalue weighted by atomic mass is 16.5. The number of para-hydroxylation sites is 1. The number of methoxy groups -OCH3 is 1. The summed E-state index contributed by atoms with van der Waals surface area (Å²) in [7, 11) is 1.65. The van der Waals surface area contributed by atoms with Crippen molar-refractivity contribution in [2.45, 2.75) is 44.1 Å². The van der Waals surface area contributed by atoms with E-state index in [0.717, 1.165) is 35.5 Å². The standard InChI is InChI=1S/C18H21N3O3/c1-23-15-8-4-7-12(17(15)24-11-5-2-3-6-11)13-9-16(22)20-18-14(13)10-19-21-18/h4,7-8,10-11,13H,2-3,5-6,9H2,1H3,(H2,19,20,21,22)/t13-/m1/s1. The number of hydrogen-bond donors (Lipinski definition) is 2. The van der Waals surface area contributed by atoms with E-state index in [-0.39, 0.29) is 17.9 Å². The fourth-order valence-electron chi connectivity index (χ4n) is 3.69. The molecule has 1 saturated carbocycles. The van der Waals surface area contributed by atoms with E-state index in [1.54, 1.807) is 13.3 Å². The number of carbonyl (C=O) groups excluding carboxylic acids is 1. The van der Waals surface area contributed by atoms with Gasteiger partial charge < -0.3 is 14.8 Å². The summed E-state index contributed by atoms with van der Waals surface area (Å²) in [5.41, 5.74) is 1.97. The Bertz CT molecular complexity index is 750. The summed E-state index contributed by atoms with van der Waals surface area (Å²) in [6.07, 6.45) is 6.92. The normalized spacial score (nSPS) is 20.5. The molecule has 1 atom stereocenters. The number of hydrogen-bond acceptors (Lipinski definition) is 4. The summed E-state index contributed by atoms with van der Waals surface area (Å²) >= 11 is 0. The SMILES string of the molecule is COc1cccc([C@H]2CC(=O)Nc3[nH]ncc32)c1OC1CCCC1. The monoisotopic (exact) mass is 327 g/mol. The van der Waals surface area contributed by atoms with Crippen LogP contribution in [-0.4, -0.2) is 29.3 Å². The van der Waals surface area contributed by atoms with Gasteiger partial charge in [-0.1, -0.05) is 12.1 Å². The smallest absolute Gasteiger partial charge is 0.226 e. The summed E-state index contributed by atoms with van der Waals surface area (Å²) in [6, 6.07) is 5.88. The Morgan fingerprint density at radius 3 is 2.83 bits per heavy atom. The largest absolute Gasteiger partial charge is 0.493 e. The van der Waals surface area contributed by atoms with Gasteiger partial charge >= 0.3 is 0 Å². The number of nitrogens with one attached hydrogen (secondary N) is 2. The van der Waals surface area contributed by atoms with Gasteiger partial charge in [0.25, 0.3) is 0 Å². The average Bonchev–Trinajstić information content (AvgIpc) is 3.25. The van der Waals surface area contributed by atoms with Crippen molar-refractivity contribution in [3.63, 3.8) is 0 Å². The molecule has 0 unspecified atom stereocenters. The number of aromatic amines is 1. The number of ether oxygens (including phenoxy) is 2. The number of benzene rings is 1. The number of rotatable bonds is 4. The average molecular weight is 327 g/mol. The minimum Gasteiger partial charge on any atom is -0.493 e. The lowest BCUT2D eigenvalue weighted by molar-refractivity contribution is -0.116. The number of carbonyl (C=O) groups is 1. The number of amides is 1. The molecular formula is C18H21N3O3. The molecule has 2 aliphatic rings. The third-order valence-electron chi connectivity index (χ3n) is 4.89. The molecule has 0 saturated heterocycles. The van der Waals surface area contributed by atoms with E-state index in [2.05, 4.69) is 15.5 Å². The summed E-state index contributed by atoms with van der Waals surface area (Å²) in [5.74, 6) is 2.05. The number of aromatic nitrogens is 2. The van der Waals surface area contributed by atoms with Gasteiger partial charge in [-0.3, -0.25) is 9.89 Å². The van der Waals surface area contributed by atoms with E-state index < -0.39 is 0 Å². The number of fused-ring (bicyclic) bond motifs is 1. The van der Waals surface area contributed by atoms with Gasteiger partial charge in [0.05, 0.1) is 19.4 Å². The molecule has 1 amide bonds. The van der Waals surface area contributed by atoms with E-state index >= 15 is 0 Å². The Morgan fingerprint density at radius 2 is 2.04 bits per heavy atom. The molecule has 6 heteroatoms. The minimum atomic E-state index is -0.0843. The second-order valence-electron chi connectivity index (χ2n) is 6.41. The molecule has 1 aliphatic heterocycles. The molecule has 0 radical (unpaired) electrons. The Morgan fingerprint density at radius 1 is 1.21 bits per heavy atom. The molecule has 0 spiro atoms. The molecule has 6 nitrogen and oxygen atoms in total. The predicted octanol–water partition coefficient (Wildman–Crippen LogP) is 3.21. The summed E-state index contributed by atoms with van der Waals surface area (Å²) in [5, 5.41) is 9.76. The molecule has 2 N–H and O–H groups in total. The van der Waals surface area contributed by atoms with Gasteiger partial charge in [0, 0.05) is 23.5 Å². The maximum Gasteiger partial charge on any atom is 0.226 e. The highest BCUT2D eigenvalue weighted by molar-refractivity contribution is 5.94. The van der Waals surface area contributed by atoms with Gasteiger partial charge in [0.2, 0.25) is 5.91 Å². The topological polar surface area (TPSA) is 76.2 Å². The third kappa shape index (κ3) is 2.62. The quantitative estimate of drug-likeness (QED) is 0.904. The molecule has 2 heterocycles. The van der Waals surface area contributed by atoms with E-state index in [1.807, 2.05) is 18.2 Å². The van der Waals surface area contributed by atoms with Crippen LogP contribution >= 0.6 is 0 Å². The van der Waals surface area contributed by atoms with E-state index in [4.69, 9.17) is 9.47 Å². The molecule has 0 bridgehead atoms. The molecule has 1 fully saturated rings.